The van der Waals surface area contributed by atoms with Crippen LogP contribution in [0.3, 0.4) is 0 Å². The molecule has 1 aromatic heterocycles. The summed E-state index contributed by atoms with van der Waals surface area (Å²) >= 11 is 1.10. The SMILES string of the molecule is O=C(NC(CCO)C1CCCCC1)c1cnns1. The summed E-state index contributed by atoms with van der Waals surface area (Å²) in [7, 11) is 0. The van der Waals surface area contributed by atoms with Gasteiger partial charge in [-0.25, -0.2) is 0 Å². The standard InChI is InChI=1S/C12H19N3O2S/c16-7-6-10(9-4-2-1-3-5-9)14-12(17)11-8-13-15-18-11/h8-10,16H,1-7H2,(H,14,17). The average molecular weight is 269 g/mol. The van der Waals surface area contributed by atoms with E-state index in [0.717, 1.165) is 24.4 Å². The fourth-order valence-electron chi connectivity index (χ4n) is 2.61. The molecule has 1 fully saturated rings. The van der Waals surface area contributed by atoms with Gasteiger partial charge in [0.25, 0.3) is 5.91 Å². The third kappa shape index (κ3) is 3.49. The van der Waals surface area contributed by atoms with Crippen LogP contribution >= 0.6 is 11.5 Å². The lowest BCUT2D eigenvalue weighted by atomic mass is 9.82. The summed E-state index contributed by atoms with van der Waals surface area (Å²) in [5.41, 5.74) is 0. The predicted octanol–water partition coefficient (Wildman–Crippen LogP) is 1.60. The molecule has 0 bridgehead atoms. The molecule has 1 atom stereocenters. The molecule has 0 spiro atoms. The smallest absolute Gasteiger partial charge is 0.264 e. The summed E-state index contributed by atoms with van der Waals surface area (Å²) in [5.74, 6) is 0.379. The Morgan fingerprint density at radius 3 is 2.89 bits per heavy atom. The zero-order valence-corrected chi connectivity index (χ0v) is 11.2. The van der Waals surface area contributed by atoms with E-state index in [1.807, 2.05) is 0 Å². The highest BCUT2D eigenvalue weighted by Crippen LogP contribution is 2.27. The average Bonchev–Trinajstić information content (AvgIpc) is 2.93. The Labute approximate surface area is 111 Å². The van der Waals surface area contributed by atoms with E-state index in [2.05, 4.69) is 14.9 Å². The van der Waals surface area contributed by atoms with Crippen LogP contribution < -0.4 is 5.32 Å². The van der Waals surface area contributed by atoms with Gasteiger partial charge in [0.1, 0.15) is 4.88 Å². The number of aromatic nitrogens is 2. The number of aliphatic hydroxyl groups is 1. The van der Waals surface area contributed by atoms with Crippen molar-refractivity contribution < 1.29 is 9.90 Å². The number of hydrogen-bond donors (Lipinski definition) is 2. The number of amides is 1. The molecular weight excluding hydrogens is 250 g/mol. The number of hydrogen-bond acceptors (Lipinski definition) is 5. The van der Waals surface area contributed by atoms with Crippen LogP contribution in [0.2, 0.25) is 0 Å². The molecule has 1 aliphatic rings. The van der Waals surface area contributed by atoms with E-state index in [9.17, 15) is 4.79 Å². The quantitative estimate of drug-likeness (QED) is 0.851. The van der Waals surface area contributed by atoms with Gasteiger partial charge in [-0.3, -0.25) is 4.79 Å². The van der Waals surface area contributed by atoms with Crippen molar-refractivity contribution in [2.45, 2.75) is 44.6 Å². The van der Waals surface area contributed by atoms with Gasteiger partial charge in [-0.1, -0.05) is 23.8 Å². The van der Waals surface area contributed by atoms with Crippen molar-refractivity contribution in [3.63, 3.8) is 0 Å². The summed E-state index contributed by atoms with van der Waals surface area (Å²) in [4.78, 5) is 12.5. The van der Waals surface area contributed by atoms with Crippen molar-refractivity contribution in [3.8, 4) is 0 Å². The lowest BCUT2D eigenvalue weighted by molar-refractivity contribution is 0.0903. The summed E-state index contributed by atoms with van der Waals surface area (Å²) in [6, 6.07) is 0.0740. The first-order valence-electron chi connectivity index (χ1n) is 6.50. The molecule has 6 heteroatoms. The summed E-state index contributed by atoms with van der Waals surface area (Å²) in [5, 5.41) is 15.8. The zero-order valence-electron chi connectivity index (χ0n) is 10.3. The molecule has 5 nitrogen and oxygen atoms in total. The topological polar surface area (TPSA) is 75.1 Å². The van der Waals surface area contributed by atoms with Gasteiger partial charge in [0, 0.05) is 12.6 Å². The van der Waals surface area contributed by atoms with Crippen molar-refractivity contribution >= 4 is 17.4 Å². The van der Waals surface area contributed by atoms with Gasteiger partial charge >= 0.3 is 0 Å². The molecule has 0 aromatic carbocycles. The van der Waals surface area contributed by atoms with Crippen LogP contribution in [0.4, 0.5) is 0 Å². The van der Waals surface area contributed by atoms with Gasteiger partial charge in [-0.15, -0.1) is 5.10 Å². The highest BCUT2D eigenvalue weighted by Gasteiger charge is 2.25. The van der Waals surface area contributed by atoms with Crippen LogP contribution in [0, 0.1) is 5.92 Å². The van der Waals surface area contributed by atoms with E-state index in [4.69, 9.17) is 5.11 Å². The molecule has 1 heterocycles. The first kappa shape index (κ1) is 13.4. The minimum absolute atomic E-state index is 0.0740. The molecule has 2 N–H and O–H groups in total. The molecule has 0 saturated heterocycles. The molecule has 0 radical (unpaired) electrons. The Bertz CT molecular complexity index is 363. The van der Waals surface area contributed by atoms with Gasteiger partial charge < -0.3 is 10.4 Å². The van der Waals surface area contributed by atoms with E-state index in [-0.39, 0.29) is 18.6 Å². The lowest BCUT2D eigenvalue weighted by Gasteiger charge is -2.30. The molecule has 1 unspecified atom stereocenters. The fraction of sp³-hybridized carbons (Fsp3) is 0.750. The zero-order chi connectivity index (χ0) is 12.8. The summed E-state index contributed by atoms with van der Waals surface area (Å²) in [6.07, 6.45) is 8.14. The highest BCUT2D eigenvalue weighted by molar-refractivity contribution is 7.07. The van der Waals surface area contributed by atoms with Crippen molar-refractivity contribution in [2.75, 3.05) is 6.61 Å². The van der Waals surface area contributed by atoms with Gasteiger partial charge in [0.05, 0.1) is 6.20 Å². The lowest BCUT2D eigenvalue weighted by Crippen LogP contribution is -2.41. The van der Waals surface area contributed by atoms with Crippen molar-refractivity contribution in [1.82, 2.24) is 14.9 Å². The Morgan fingerprint density at radius 2 is 2.28 bits per heavy atom. The second-order valence-electron chi connectivity index (χ2n) is 4.77. The normalized spacial score (nSPS) is 18.5. The van der Waals surface area contributed by atoms with Gasteiger partial charge in [0.2, 0.25) is 0 Å². The van der Waals surface area contributed by atoms with Gasteiger partial charge in [-0.05, 0) is 36.7 Å². The number of carbonyl (C=O) groups is 1. The predicted molar refractivity (Wildman–Crippen MR) is 69.4 cm³/mol. The van der Waals surface area contributed by atoms with Crippen LogP contribution in [0.15, 0.2) is 6.20 Å². The Balaban J connectivity index is 1.94. The highest BCUT2D eigenvalue weighted by atomic mass is 32.1. The molecule has 1 aliphatic carbocycles. The number of carbonyl (C=O) groups excluding carboxylic acids is 1. The number of nitrogens with zero attached hydrogens (tertiary/aromatic N) is 2. The van der Waals surface area contributed by atoms with Gasteiger partial charge in [-0.2, -0.15) is 0 Å². The van der Waals surface area contributed by atoms with Crippen LogP contribution in [0.5, 0.6) is 0 Å². The van der Waals surface area contributed by atoms with E-state index < -0.39 is 0 Å². The minimum Gasteiger partial charge on any atom is -0.396 e. The monoisotopic (exact) mass is 269 g/mol. The Hall–Kier alpha value is -1.01. The third-order valence-electron chi connectivity index (χ3n) is 3.56. The second kappa shape index (κ2) is 6.80. The molecule has 18 heavy (non-hydrogen) atoms. The molecule has 1 saturated carbocycles. The number of aliphatic hydroxyl groups excluding tert-OH is 1. The van der Waals surface area contributed by atoms with E-state index in [1.165, 1.54) is 25.5 Å². The number of rotatable bonds is 5. The molecule has 0 aliphatic heterocycles. The summed E-state index contributed by atoms with van der Waals surface area (Å²) < 4.78 is 3.69. The van der Waals surface area contributed by atoms with Crippen molar-refractivity contribution in [2.24, 2.45) is 5.92 Å². The second-order valence-corrected chi connectivity index (χ2v) is 5.56. The van der Waals surface area contributed by atoms with Crippen LogP contribution in [0.1, 0.15) is 48.2 Å². The van der Waals surface area contributed by atoms with Crippen molar-refractivity contribution in [3.05, 3.63) is 11.1 Å². The molecular formula is C12H19N3O2S. The maximum atomic E-state index is 12.0. The maximum absolute atomic E-state index is 12.0. The fourth-order valence-corrected chi connectivity index (χ4v) is 3.03. The minimum atomic E-state index is -0.117. The van der Waals surface area contributed by atoms with Crippen molar-refractivity contribution in [1.29, 1.82) is 0 Å². The Kier molecular flexibility index (Phi) is 5.07. The first-order valence-corrected chi connectivity index (χ1v) is 7.27. The first-order chi connectivity index (χ1) is 8.81. The number of nitrogens with one attached hydrogen (secondary N) is 1. The molecule has 2 rings (SSSR count). The van der Waals surface area contributed by atoms with E-state index in [0.29, 0.717) is 17.2 Å². The van der Waals surface area contributed by atoms with E-state index >= 15 is 0 Å². The Morgan fingerprint density at radius 1 is 1.50 bits per heavy atom. The van der Waals surface area contributed by atoms with Crippen LogP contribution in [-0.4, -0.2) is 33.2 Å². The molecule has 1 aromatic rings. The maximum Gasteiger partial charge on any atom is 0.264 e. The van der Waals surface area contributed by atoms with Gasteiger partial charge in [0.15, 0.2) is 0 Å². The van der Waals surface area contributed by atoms with E-state index in [1.54, 1.807) is 0 Å². The summed E-state index contributed by atoms with van der Waals surface area (Å²) in [6.45, 7) is 0.113. The molecule has 1 amide bonds. The largest absolute Gasteiger partial charge is 0.396 e. The van der Waals surface area contributed by atoms with Crippen LogP contribution in [-0.2, 0) is 0 Å². The third-order valence-corrected chi connectivity index (χ3v) is 4.22. The van der Waals surface area contributed by atoms with Crippen LogP contribution in [0.25, 0.3) is 0 Å². The molecule has 100 valence electrons.